The van der Waals surface area contributed by atoms with Gasteiger partial charge in [0.2, 0.25) is 0 Å². The summed E-state index contributed by atoms with van der Waals surface area (Å²) in [7, 11) is 0. The van der Waals surface area contributed by atoms with E-state index >= 15 is 0 Å². The third-order valence-corrected chi connectivity index (χ3v) is 3.82. The van der Waals surface area contributed by atoms with Gasteiger partial charge < -0.3 is 5.32 Å². The summed E-state index contributed by atoms with van der Waals surface area (Å²) >= 11 is 23.8. The number of hydrogen-bond acceptors (Lipinski definition) is 5. The van der Waals surface area contributed by atoms with Crippen LogP contribution in [0, 0.1) is 22.7 Å². The highest BCUT2D eigenvalue weighted by atomic mass is 35.5. The third kappa shape index (κ3) is 2.97. The lowest BCUT2D eigenvalue weighted by Gasteiger charge is -2.13. The molecule has 2 aromatic rings. The van der Waals surface area contributed by atoms with E-state index in [1.165, 1.54) is 12.4 Å². The molecule has 0 bridgehead atoms. The Balaban J connectivity index is 2.65. The topological polar surface area (TPSA) is 85.4 Å². The van der Waals surface area contributed by atoms with E-state index < -0.39 is 0 Å². The van der Waals surface area contributed by atoms with Gasteiger partial charge in [0.25, 0.3) is 0 Å². The first-order valence-corrected chi connectivity index (χ1v) is 6.76. The predicted molar refractivity (Wildman–Crippen MR) is 81.2 cm³/mol. The van der Waals surface area contributed by atoms with E-state index in [4.69, 9.17) is 51.7 Å². The molecule has 1 N–H and O–H groups in total. The van der Waals surface area contributed by atoms with Gasteiger partial charge in [0.15, 0.2) is 5.82 Å². The Morgan fingerprint density at radius 1 is 0.905 bits per heavy atom. The van der Waals surface area contributed by atoms with Crippen LogP contribution in [-0.4, -0.2) is 9.97 Å². The lowest BCUT2D eigenvalue weighted by molar-refractivity contribution is 1.20. The minimum absolute atomic E-state index is 0.0176. The first-order valence-electron chi connectivity index (χ1n) is 5.24. The molecule has 1 aromatic carbocycles. The summed E-state index contributed by atoms with van der Waals surface area (Å²) < 4.78 is 0. The summed E-state index contributed by atoms with van der Waals surface area (Å²) in [6.07, 6.45) is 2.72. The molecule has 2 rings (SSSR count). The highest BCUT2D eigenvalue weighted by Gasteiger charge is 2.21. The van der Waals surface area contributed by atoms with Gasteiger partial charge in [-0.3, -0.25) is 4.98 Å². The molecule has 0 saturated heterocycles. The van der Waals surface area contributed by atoms with Crippen LogP contribution in [0.1, 0.15) is 11.1 Å². The van der Waals surface area contributed by atoms with E-state index in [0.29, 0.717) is 0 Å². The Morgan fingerprint density at radius 2 is 1.57 bits per heavy atom. The van der Waals surface area contributed by atoms with Crippen molar-refractivity contribution >= 4 is 57.9 Å². The molecule has 5 nitrogen and oxygen atoms in total. The quantitative estimate of drug-likeness (QED) is 0.794. The molecular weight excluding hydrogens is 356 g/mol. The molecule has 1 heterocycles. The van der Waals surface area contributed by atoms with Crippen molar-refractivity contribution in [3.05, 3.63) is 43.7 Å². The zero-order valence-electron chi connectivity index (χ0n) is 9.96. The molecule has 0 radical (unpaired) electrons. The smallest absolute Gasteiger partial charge is 0.150 e. The summed E-state index contributed by atoms with van der Waals surface area (Å²) in [5, 5.41) is 21.0. The van der Waals surface area contributed by atoms with Crippen LogP contribution in [0.3, 0.4) is 0 Å². The average Bonchev–Trinajstić information content (AvgIpc) is 2.45. The minimum Gasteiger partial charge on any atom is -0.337 e. The number of aromatic nitrogens is 2. The number of nitrogens with zero attached hydrogens (tertiary/aromatic N) is 4. The summed E-state index contributed by atoms with van der Waals surface area (Å²) in [4.78, 5) is 7.80. The molecule has 0 amide bonds. The lowest BCUT2D eigenvalue weighted by atomic mass is 10.1. The van der Waals surface area contributed by atoms with Crippen molar-refractivity contribution in [1.82, 2.24) is 9.97 Å². The Morgan fingerprint density at radius 3 is 2.14 bits per heavy atom. The molecule has 0 spiro atoms. The SMILES string of the molecule is N#Cc1c(Cl)c(Cl)c(Nc2cncc(Cl)n2)c(C#N)c1Cl. The van der Waals surface area contributed by atoms with Gasteiger partial charge in [0, 0.05) is 0 Å². The Bertz CT molecular complexity index is 807. The molecular formula is C12H3Cl4N5. The van der Waals surface area contributed by atoms with Crippen LogP contribution < -0.4 is 5.32 Å². The normalized spacial score (nSPS) is 9.81. The van der Waals surface area contributed by atoms with Gasteiger partial charge in [-0.25, -0.2) is 4.98 Å². The molecule has 0 saturated carbocycles. The fourth-order valence-electron chi connectivity index (χ4n) is 1.51. The molecule has 0 aliphatic heterocycles. The summed E-state index contributed by atoms with van der Waals surface area (Å²) in [6.45, 7) is 0. The van der Waals surface area contributed by atoms with Crippen LogP contribution in [0.4, 0.5) is 11.5 Å². The number of benzene rings is 1. The van der Waals surface area contributed by atoms with E-state index in [2.05, 4.69) is 15.3 Å². The zero-order valence-corrected chi connectivity index (χ0v) is 13.0. The van der Waals surface area contributed by atoms with Crippen molar-refractivity contribution in [2.24, 2.45) is 0 Å². The van der Waals surface area contributed by atoms with Gasteiger partial charge in [-0.2, -0.15) is 10.5 Å². The number of halogens is 4. The molecule has 1 aromatic heterocycles. The number of nitrogens with one attached hydrogen (secondary N) is 1. The van der Waals surface area contributed by atoms with Gasteiger partial charge in [0.05, 0.1) is 44.3 Å². The predicted octanol–water partition coefficient (Wildman–Crippen LogP) is 4.58. The maximum absolute atomic E-state index is 9.22. The molecule has 9 heteroatoms. The van der Waals surface area contributed by atoms with Gasteiger partial charge >= 0.3 is 0 Å². The van der Waals surface area contributed by atoms with E-state index in [1.807, 2.05) is 6.07 Å². The summed E-state index contributed by atoms with van der Waals surface area (Å²) in [6, 6.07) is 3.67. The van der Waals surface area contributed by atoms with Gasteiger partial charge in [-0.15, -0.1) is 0 Å². The minimum atomic E-state index is -0.0908. The monoisotopic (exact) mass is 357 g/mol. The molecule has 104 valence electrons. The van der Waals surface area contributed by atoms with Crippen molar-refractivity contribution in [1.29, 1.82) is 10.5 Å². The van der Waals surface area contributed by atoms with Crippen LogP contribution in [0.5, 0.6) is 0 Å². The van der Waals surface area contributed by atoms with Crippen LogP contribution in [0.25, 0.3) is 0 Å². The van der Waals surface area contributed by atoms with Gasteiger partial charge in [-0.05, 0) is 0 Å². The zero-order chi connectivity index (χ0) is 15.6. The fourth-order valence-corrected chi connectivity index (χ4v) is 2.45. The van der Waals surface area contributed by atoms with E-state index in [1.54, 1.807) is 6.07 Å². The van der Waals surface area contributed by atoms with Crippen molar-refractivity contribution in [3.8, 4) is 12.1 Å². The second-order valence-corrected chi connectivity index (χ2v) is 5.16. The largest absolute Gasteiger partial charge is 0.337 e. The first-order chi connectivity index (χ1) is 9.99. The molecule has 0 aliphatic rings. The number of anilines is 2. The molecule has 0 fully saturated rings. The Kier molecular flexibility index (Phi) is 4.72. The van der Waals surface area contributed by atoms with Crippen molar-refractivity contribution in [2.75, 3.05) is 5.32 Å². The number of nitriles is 2. The molecule has 0 atom stereocenters. The van der Waals surface area contributed by atoms with E-state index in [9.17, 15) is 5.26 Å². The van der Waals surface area contributed by atoms with Crippen molar-refractivity contribution in [3.63, 3.8) is 0 Å². The maximum atomic E-state index is 9.22. The summed E-state index contributed by atoms with van der Waals surface area (Å²) in [5.41, 5.74) is 0.0386. The van der Waals surface area contributed by atoms with Crippen molar-refractivity contribution < 1.29 is 0 Å². The van der Waals surface area contributed by atoms with Crippen LogP contribution in [0.2, 0.25) is 20.2 Å². The summed E-state index contributed by atoms with van der Waals surface area (Å²) in [5.74, 6) is 0.248. The molecule has 0 unspecified atom stereocenters. The average molecular weight is 359 g/mol. The highest BCUT2D eigenvalue weighted by Crippen LogP contribution is 2.42. The fraction of sp³-hybridized carbons (Fsp3) is 0. The van der Waals surface area contributed by atoms with Crippen molar-refractivity contribution in [2.45, 2.75) is 0 Å². The number of rotatable bonds is 2. The Labute approximate surface area is 139 Å². The lowest BCUT2D eigenvalue weighted by Crippen LogP contribution is -2.01. The second kappa shape index (κ2) is 6.34. The van der Waals surface area contributed by atoms with Gasteiger partial charge in [-0.1, -0.05) is 46.4 Å². The molecule has 0 aliphatic carbocycles. The van der Waals surface area contributed by atoms with Crippen LogP contribution >= 0.6 is 46.4 Å². The number of hydrogen-bond donors (Lipinski definition) is 1. The van der Waals surface area contributed by atoms with E-state index in [0.717, 1.165) is 0 Å². The van der Waals surface area contributed by atoms with E-state index in [-0.39, 0.29) is 42.9 Å². The van der Waals surface area contributed by atoms with Crippen LogP contribution in [0.15, 0.2) is 12.4 Å². The highest BCUT2D eigenvalue weighted by molar-refractivity contribution is 6.46. The standard InChI is InChI=1S/C12H3Cl4N5/c13-7-3-19-4-8(20-7)21-12-6(2-18)9(14)5(1-17)10(15)11(12)16/h3-4H,(H,20,21). The molecule has 21 heavy (non-hydrogen) atoms. The Hall–Kier alpha value is -1.76. The maximum Gasteiger partial charge on any atom is 0.150 e. The first kappa shape index (κ1) is 15.6. The third-order valence-electron chi connectivity index (χ3n) is 2.40. The van der Waals surface area contributed by atoms with Crippen LogP contribution in [-0.2, 0) is 0 Å². The van der Waals surface area contributed by atoms with Gasteiger partial charge in [0.1, 0.15) is 17.3 Å². The second-order valence-electron chi connectivity index (χ2n) is 3.64.